The number of aromatic nitrogens is 1. The number of hydrogen-bond acceptors (Lipinski definition) is 4. The molecule has 2 saturated heterocycles. The number of fused-ring (bicyclic) bond motifs is 3. The fourth-order valence-electron chi connectivity index (χ4n) is 3.30. The molecule has 1 amide bonds. The molecule has 1 N–H and O–H groups in total. The van der Waals surface area contributed by atoms with Crippen LogP contribution < -0.4 is 5.32 Å². The summed E-state index contributed by atoms with van der Waals surface area (Å²) in [5.41, 5.74) is 3.59. The molecule has 2 aliphatic rings. The van der Waals surface area contributed by atoms with Crippen LogP contribution in [0.3, 0.4) is 0 Å². The fourth-order valence-corrected chi connectivity index (χ4v) is 4.01. The van der Waals surface area contributed by atoms with Crippen LogP contribution in [0.1, 0.15) is 29.6 Å². The molecule has 0 saturated carbocycles. The Bertz CT molecular complexity index is 653. The number of nitrogens with zero attached hydrogens (tertiary/aromatic N) is 2. The molecule has 0 aliphatic carbocycles. The van der Waals surface area contributed by atoms with Crippen LogP contribution in [0.25, 0.3) is 10.2 Å². The lowest BCUT2D eigenvalue weighted by Gasteiger charge is -2.24. The molecule has 1 aromatic carbocycles. The third kappa shape index (κ3) is 2.11. The second-order valence-electron chi connectivity index (χ2n) is 5.71. The van der Waals surface area contributed by atoms with E-state index in [0.717, 1.165) is 35.3 Å². The van der Waals surface area contributed by atoms with Gasteiger partial charge in [0.15, 0.2) is 0 Å². The summed E-state index contributed by atoms with van der Waals surface area (Å²) in [4.78, 5) is 19.0. The van der Waals surface area contributed by atoms with Crippen molar-refractivity contribution in [3.05, 3.63) is 29.3 Å². The van der Waals surface area contributed by atoms with E-state index in [1.54, 1.807) is 11.3 Å². The molecule has 5 heteroatoms. The van der Waals surface area contributed by atoms with Gasteiger partial charge in [0, 0.05) is 30.7 Å². The van der Waals surface area contributed by atoms with Crippen molar-refractivity contribution in [3.63, 3.8) is 0 Å². The molecule has 4 rings (SSSR count). The first-order valence-electron chi connectivity index (χ1n) is 7.18. The number of benzene rings is 1. The number of rotatable bonds is 1. The van der Waals surface area contributed by atoms with Gasteiger partial charge in [-0.25, -0.2) is 4.98 Å². The van der Waals surface area contributed by atoms with Gasteiger partial charge in [-0.3, -0.25) is 4.79 Å². The summed E-state index contributed by atoms with van der Waals surface area (Å²) in [6, 6.07) is 6.93. The number of carbonyl (C=O) groups excluding carboxylic acids is 1. The van der Waals surface area contributed by atoms with E-state index in [2.05, 4.69) is 10.3 Å². The van der Waals surface area contributed by atoms with Crippen molar-refractivity contribution < 1.29 is 4.79 Å². The third-order valence-corrected chi connectivity index (χ3v) is 5.18. The maximum Gasteiger partial charge on any atom is 0.253 e. The van der Waals surface area contributed by atoms with Crippen LogP contribution >= 0.6 is 11.3 Å². The molecule has 0 radical (unpaired) electrons. The standard InChI is InChI=1S/C15H17N3OS/c19-15(10-1-4-13-14(7-10)20-9-16-13)18-6-5-11-2-3-12(8-18)17-11/h1,4,7,9,11-12,17H,2-3,5-6,8H2. The van der Waals surface area contributed by atoms with E-state index in [9.17, 15) is 4.79 Å². The second-order valence-corrected chi connectivity index (χ2v) is 6.60. The van der Waals surface area contributed by atoms with Gasteiger partial charge >= 0.3 is 0 Å². The minimum Gasteiger partial charge on any atom is -0.337 e. The van der Waals surface area contributed by atoms with E-state index >= 15 is 0 Å². The van der Waals surface area contributed by atoms with E-state index in [4.69, 9.17) is 0 Å². The van der Waals surface area contributed by atoms with Crippen molar-refractivity contribution in [2.45, 2.75) is 31.3 Å². The minimum absolute atomic E-state index is 0.162. The molecule has 2 aliphatic heterocycles. The highest BCUT2D eigenvalue weighted by molar-refractivity contribution is 7.16. The van der Waals surface area contributed by atoms with Crippen molar-refractivity contribution in [2.75, 3.05) is 13.1 Å². The van der Waals surface area contributed by atoms with Gasteiger partial charge in [0.05, 0.1) is 15.7 Å². The zero-order chi connectivity index (χ0) is 13.5. The molecule has 2 aromatic rings. The highest BCUT2D eigenvalue weighted by Gasteiger charge is 2.31. The largest absolute Gasteiger partial charge is 0.337 e. The minimum atomic E-state index is 0.162. The summed E-state index contributed by atoms with van der Waals surface area (Å²) in [5.74, 6) is 0.162. The maximum absolute atomic E-state index is 12.7. The van der Waals surface area contributed by atoms with Crippen LogP contribution in [0.2, 0.25) is 0 Å². The Kier molecular flexibility index (Phi) is 2.97. The topological polar surface area (TPSA) is 45.2 Å². The van der Waals surface area contributed by atoms with Gasteiger partial charge in [-0.2, -0.15) is 0 Å². The van der Waals surface area contributed by atoms with Gasteiger partial charge < -0.3 is 10.2 Å². The van der Waals surface area contributed by atoms with E-state index in [1.165, 1.54) is 12.8 Å². The van der Waals surface area contributed by atoms with Crippen LogP contribution in [0.15, 0.2) is 23.7 Å². The number of likely N-dealkylation sites (tertiary alicyclic amines) is 1. The van der Waals surface area contributed by atoms with Crippen LogP contribution in [0.4, 0.5) is 0 Å². The van der Waals surface area contributed by atoms with Crippen LogP contribution in [0, 0.1) is 0 Å². The lowest BCUT2D eigenvalue weighted by Crippen LogP contribution is -2.39. The maximum atomic E-state index is 12.7. The molecule has 2 unspecified atom stereocenters. The van der Waals surface area contributed by atoms with Crippen molar-refractivity contribution in [1.82, 2.24) is 15.2 Å². The molecule has 2 atom stereocenters. The molecule has 1 aromatic heterocycles. The molecular weight excluding hydrogens is 270 g/mol. The number of amides is 1. The molecular formula is C15H17N3OS. The molecule has 2 bridgehead atoms. The average molecular weight is 287 g/mol. The molecule has 104 valence electrons. The number of thiazole rings is 1. The third-order valence-electron chi connectivity index (χ3n) is 4.39. The first kappa shape index (κ1) is 12.3. The van der Waals surface area contributed by atoms with Gasteiger partial charge in [-0.05, 0) is 37.5 Å². The van der Waals surface area contributed by atoms with Crippen molar-refractivity contribution >= 4 is 27.5 Å². The van der Waals surface area contributed by atoms with Gasteiger partial charge in [0.25, 0.3) is 5.91 Å². The first-order valence-corrected chi connectivity index (χ1v) is 8.06. The summed E-state index contributed by atoms with van der Waals surface area (Å²) < 4.78 is 1.09. The molecule has 20 heavy (non-hydrogen) atoms. The Hall–Kier alpha value is -1.46. The molecule has 4 nitrogen and oxygen atoms in total. The van der Waals surface area contributed by atoms with Crippen LogP contribution in [-0.4, -0.2) is 41.0 Å². The van der Waals surface area contributed by atoms with Crippen molar-refractivity contribution in [3.8, 4) is 0 Å². The van der Waals surface area contributed by atoms with E-state index in [1.807, 2.05) is 28.6 Å². The monoisotopic (exact) mass is 287 g/mol. The van der Waals surface area contributed by atoms with Gasteiger partial charge in [0.2, 0.25) is 0 Å². The van der Waals surface area contributed by atoms with Gasteiger partial charge in [-0.1, -0.05) is 0 Å². The first-order chi connectivity index (χ1) is 9.79. The Balaban J connectivity index is 1.59. The SMILES string of the molecule is O=C(c1ccc2ncsc2c1)N1CCC2CCC(C1)N2. The fraction of sp³-hybridized carbons (Fsp3) is 0.467. The lowest BCUT2D eigenvalue weighted by atomic mass is 10.1. The highest BCUT2D eigenvalue weighted by atomic mass is 32.1. The molecule has 2 fully saturated rings. The summed E-state index contributed by atoms with van der Waals surface area (Å²) in [6.45, 7) is 1.71. The normalized spacial score (nSPS) is 25.9. The van der Waals surface area contributed by atoms with Gasteiger partial charge in [0.1, 0.15) is 0 Å². The van der Waals surface area contributed by atoms with E-state index in [0.29, 0.717) is 12.1 Å². The lowest BCUT2D eigenvalue weighted by molar-refractivity contribution is 0.0748. The Morgan fingerprint density at radius 2 is 2.20 bits per heavy atom. The van der Waals surface area contributed by atoms with E-state index < -0.39 is 0 Å². The number of nitrogens with one attached hydrogen (secondary N) is 1. The summed E-state index contributed by atoms with van der Waals surface area (Å²) in [5, 5.41) is 3.61. The van der Waals surface area contributed by atoms with Crippen LogP contribution in [0.5, 0.6) is 0 Å². The quantitative estimate of drug-likeness (QED) is 0.875. The second kappa shape index (κ2) is 4.82. The predicted octanol–water partition coefficient (Wildman–Crippen LogP) is 2.26. The molecule has 3 heterocycles. The Morgan fingerprint density at radius 1 is 1.30 bits per heavy atom. The highest BCUT2D eigenvalue weighted by Crippen LogP contribution is 2.23. The van der Waals surface area contributed by atoms with Crippen LogP contribution in [-0.2, 0) is 0 Å². The smallest absolute Gasteiger partial charge is 0.253 e. The zero-order valence-electron chi connectivity index (χ0n) is 11.2. The predicted molar refractivity (Wildman–Crippen MR) is 80.1 cm³/mol. The van der Waals surface area contributed by atoms with Crippen molar-refractivity contribution in [2.24, 2.45) is 0 Å². The Labute approximate surface area is 121 Å². The summed E-state index contributed by atoms with van der Waals surface area (Å²) in [7, 11) is 0. The van der Waals surface area contributed by atoms with E-state index in [-0.39, 0.29) is 5.91 Å². The Morgan fingerprint density at radius 3 is 3.15 bits per heavy atom. The number of hydrogen-bond donors (Lipinski definition) is 1. The zero-order valence-corrected chi connectivity index (χ0v) is 12.0. The summed E-state index contributed by atoms with van der Waals surface area (Å²) in [6.07, 6.45) is 3.53. The molecule has 0 spiro atoms. The summed E-state index contributed by atoms with van der Waals surface area (Å²) >= 11 is 1.59. The van der Waals surface area contributed by atoms with Gasteiger partial charge in [-0.15, -0.1) is 11.3 Å². The number of carbonyl (C=O) groups is 1. The average Bonchev–Trinajstić information content (AvgIpc) is 3.03. The van der Waals surface area contributed by atoms with Crippen molar-refractivity contribution in [1.29, 1.82) is 0 Å².